The van der Waals surface area contributed by atoms with Crippen LogP contribution in [0.3, 0.4) is 0 Å². The molecule has 124 valence electrons. The minimum absolute atomic E-state index is 1.01. The van der Waals surface area contributed by atoms with Crippen LogP contribution in [0.2, 0.25) is 0 Å². The number of rotatable bonds is 4. The molecule has 0 unspecified atom stereocenters. The molecule has 24 heavy (non-hydrogen) atoms. The van der Waals surface area contributed by atoms with Gasteiger partial charge in [0.05, 0.1) is 0 Å². The minimum atomic E-state index is 1.01. The Morgan fingerprint density at radius 3 is 2.17 bits per heavy atom. The van der Waals surface area contributed by atoms with E-state index >= 15 is 0 Å². The van der Waals surface area contributed by atoms with Gasteiger partial charge in [-0.1, -0.05) is 72.8 Å². The molecule has 3 rings (SSSR count). The fourth-order valence-corrected chi connectivity index (χ4v) is 3.08. The maximum atomic E-state index is 4.52. The van der Waals surface area contributed by atoms with Gasteiger partial charge in [-0.25, -0.2) is 0 Å². The monoisotopic (exact) mass is 319 g/mol. The van der Waals surface area contributed by atoms with E-state index in [-0.39, 0.29) is 0 Å². The second kappa shape index (κ2) is 8.46. The maximum Gasteiger partial charge on any atom is 0.130 e. The summed E-state index contributed by atoms with van der Waals surface area (Å²) in [4.78, 5) is 9.41. The molecule has 1 aliphatic rings. The number of hydrogen-bond donors (Lipinski definition) is 0. The number of aliphatic imine (C=N–C) groups is 1. The summed E-state index contributed by atoms with van der Waals surface area (Å²) in [5.74, 6) is 1.11. The molecule has 0 aliphatic carbocycles. The molecule has 0 amide bonds. The number of piperazine rings is 1. The van der Waals surface area contributed by atoms with Crippen molar-refractivity contribution in [2.24, 2.45) is 4.99 Å². The molecule has 1 saturated heterocycles. The van der Waals surface area contributed by atoms with Crippen LogP contribution in [0.5, 0.6) is 0 Å². The zero-order valence-electron chi connectivity index (χ0n) is 14.3. The minimum Gasteiger partial charge on any atom is -0.354 e. The summed E-state index contributed by atoms with van der Waals surface area (Å²) in [6, 6.07) is 21.0. The summed E-state index contributed by atoms with van der Waals surface area (Å²) < 4.78 is 0. The summed E-state index contributed by atoms with van der Waals surface area (Å²) in [7, 11) is 1.89. The summed E-state index contributed by atoms with van der Waals surface area (Å²) in [6.07, 6.45) is 4.46. The van der Waals surface area contributed by atoms with Gasteiger partial charge in [0, 0.05) is 45.3 Å². The summed E-state index contributed by atoms with van der Waals surface area (Å²) >= 11 is 0. The first-order valence-electron chi connectivity index (χ1n) is 8.58. The van der Waals surface area contributed by atoms with Crippen molar-refractivity contribution in [3.63, 3.8) is 0 Å². The predicted octanol–water partition coefficient (Wildman–Crippen LogP) is 3.39. The Labute approximate surface area is 144 Å². The van der Waals surface area contributed by atoms with Crippen molar-refractivity contribution in [2.45, 2.75) is 0 Å². The molecule has 0 aromatic heterocycles. The Morgan fingerprint density at radius 1 is 0.917 bits per heavy atom. The van der Waals surface area contributed by atoms with E-state index in [0.717, 1.165) is 38.6 Å². The Hall–Kier alpha value is -2.39. The second-order valence-corrected chi connectivity index (χ2v) is 6.01. The molecule has 2 aromatic rings. The van der Waals surface area contributed by atoms with E-state index in [9.17, 15) is 0 Å². The molecule has 1 fully saturated rings. The zero-order valence-corrected chi connectivity index (χ0v) is 14.3. The Morgan fingerprint density at radius 2 is 1.54 bits per heavy atom. The SMILES string of the molecule is CN=C(c1ccccc1)N1CCN(CC=Cc2ccccc2)CC1. The first-order chi connectivity index (χ1) is 11.9. The highest BCUT2D eigenvalue weighted by Gasteiger charge is 2.19. The van der Waals surface area contributed by atoms with Gasteiger partial charge in [-0.3, -0.25) is 9.89 Å². The number of amidine groups is 1. The predicted molar refractivity (Wildman–Crippen MR) is 102 cm³/mol. The van der Waals surface area contributed by atoms with Crippen molar-refractivity contribution in [1.82, 2.24) is 9.80 Å². The van der Waals surface area contributed by atoms with E-state index < -0.39 is 0 Å². The van der Waals surface area contributed by atoms with Crippen LogP contribution >= 0.6 is 0 Å². The van der Waals surface area contributed by atoms with Crippen molar-refractivity contribution in [3.05, 3.63) is 77.9 Å². The van der Waals surface area contributed by atoms with Gasteiger partial charge >= 0.3 is 0 Å². The Bertz CT molecular complexity index is 669. The van der Waals surface area contributed by atoms with Gasteiger partial charge in [0.1, 0.15) is 5.84 Å². The largest absolute Gasteiger partial charge is 0.354 e. The zero-order chi connectivity index (χ0) is 16.6. The maximum absolute atomic E-state index is 4.52. The van der Waals surface area contributed by atoms with E-state index in [1.165, 1.54) is 11.1 Å². The molecular weight excluding hydrogens is 294 g/mol. The molecule has 3 nitrogen and oxygen atoms in total. The lowest BCUT2D eigenvalue weighted by atomic mass is 10.1. The molecule has 3 heteroatoms. The van der Waals surface area contributed by atoms with Gasteiger partial charge in [0.2, 0.25) is 0 Å². The second-order valence-electron chi connectivity index (χ2n) is 6.01. The van der Waals surface area contributed by atoms with Crippen LogP contribution in [-0.2, 0) is 0 Å². The molecule has 0 spiro atoms. The van der Waals surface area contributed by atoms with Crippen LogP contribution in [0.15, 0.2) is 71.7 Å². The van der Waals surface area contributed by atoms with E-state index in [4.69, 9.17) is 0 Å². The Balaban J connectivity index is 1.51. The standard InChI is InChI=1S/C21H25N3/c1-22-21(20-12-6-3-7-13-20)24-17-15-23(16-18-24)14-8-11-19-9-4-2-5-10-19/h2-13H,14-18H2,1H3. The van der Waals surface area contributed by atoms with E-state index in [1.807, 2.05) is 13.1 Å². The molecule has 0 saturated carbocycles. The highest BCUT2D eigenvalue weighted by Crippen LogP contribution is 2.10. The average molecular weight is 319 g/mol. The van der Waals surface area contributed by atoms with Crippen molar-refractivity contribution in [3.8, 4) is 0 Å². The molecular formula is C21H25N3. The summed E-state index contributed by atoms with van der Waals surface area (Å²) in [5.41, 5.74) is 2.47. The fraction of sp³-hybridized carbons (Fsp3) is 0.286. The molecule has 0 N–H and O–H groups in total. The normalized spacial score (nSPS) is 16.7. The molecule has 0 radical (unpaired) electrons. The van der Waals surface area contributed by atoms with Gasteiger partial charge in [0.25, 0.3) is 0 Å². The third-order valence-corrected chi connectivity index (χ3v) is 4.39. The smallest absolute Gasteiger partial charge is 0.130 e. The lowest BCUT2D eigenvalue weighted by Crippen LogP contribution is -2.48. The van der Waals surface area contributed by atoms with Crippen molar-refractivity contribution in [2.75, 3.05) is 39.8 Å². The van der Waals surface area contributed by atoms with Crippen LogP contribution in [0.25, 0.3) is 6.08 Å². The third-order valence-electron chi connectivity index (χ3n) is 4.39. The van der Waals surface area contributed by atoms with Gasteiger partial charge in [0.15, 0.2) is 0 Å². The molecule has 1 heterocycles. The number of nitrogens with zero attached hydrogens (tertiary/aromatic N) is 3. The molecule has 2 aromatic carbocycles. The molecule has 0 bridgehead atoms. The van der Waals surface area contributed by atoms with Crippen LogP contribution in [0.4, 0.5) is 0 Å². The van der Waals surface area contributed by atoms with E-state index in [0.29, 0.717) is 0 Å². The van der Waals surface area contributed by atoms with E-state index in [2.05, 4.69) is 81.5 Å². The number of hydrogen-bond acceptors (Lipinski definition) is 2. The van der Waals surface area contributed by atoms with E-state index in [1.54, 1.807) is 0 Å². The summed E-state index contributed by atoms with van der Waals surface area (Å²) in [6.45, 7) is 5.21. The quantitative estimate of drug-likeness (QED) is 0.635. The van der Waals surface area contributed by atoms with Crippen molar-refractivity contribution >= 4 is 11.9 Å². The highest BCUT2D eigenvalue weighted by molar-refractivity contribution is 5.98. The van der Waals surface area contributed by atoms with Gasteiger partial charge in [-0.05, 0) is 5.56 Å². The molecule has 1 aliphatic heterocycles. The number of benzene rings is 2. The lowest BCUT2D eigenvalue weighted by molar-refractivity contribution is 0.198. The molecule has 0 atom stereocenters. The first kappa shape index (κ1) is 16.5. The Kier molecular flexibility index (Phi) is 5.80. The first-order valence-corrected chi connectivity index (χ1v) is 8.58. The average Bonchev–Trinajstić information content (AvgIpc) is 2.65. The fourth-order valence-electron chi connectivity index (χ4n) is 3.08. The van der Waals surface area contributed by atoms with Crippen molar-refractivity contribution < 1.29 is 0 Å². The lowest BCUT2D eigenvalue weighted by Gasteiger charge is -2.36. The van der Waals surface area contributed by atoms with Crippen LogP contribution < -0.4 is 0 Å². The third kappa shape index (κ3) is 4.33. The highest BCUT2D eigenvalue weighted by atomic mass is 15.3. The van der Waals surface area contributed by atoms with Gasteiger partial charge < -0.3 is 4.90 Å². The van der Waals surface area contributed by atoms with Crippen molar-refractivity contribution in [1.29, 1.82) is 0 Å². The van der Waals surface area contributed by atoms with Crippen LogP contribution in [-0.4, -0.2) is 55.4 Å². The summed E-state index contributed by atoms with van der Waals surface area (Å²) in [5, 5.41) is 0. The van der Waals surface area contributed by atoms with Crippen LogP contribution in [0.1, 0.15) is 11.1 Å². The topological polar surface area (TPSA) is 18.8 Å². The van der Waals surface area contributed by atoms with Gasteiger partial charge in [-0.15, -0.1) is 0 Å². The van der Waals surface area contributed by atoms with Crippen LogP contribution in [0, 0.1) is 0 Å². The van der Waals surface area contributed by atoms with Gasteiger partial charge in [-0.2, -0.15) is 0 Å².